The number of ether oxygens (including phenoxy) is 2. The first-order valence-corrected chi connectivity index (χ1v) is 11.9. The average molecular weight is 521 g/mol. The van der Waals surface area contributed by atoms with E-state index in [2.05, 4.69) is 5.32 Å². The standard InChI is InChI=1S/C28H25ClN2O6/c1-4-37-21-13-14-23(29)22(15-21)26(33)24-25(17-5-11-20(36-3)12-6-17)31(28(35)27(24)34)19-9-7-18(8-10-19)30-16(2)32/h5-15,25,33H,4H2,1-3H3,(H,30,32)/b26-24+. The van der Waals surface area contributed by atoms with Gasteiger partial charge < -0.3 is 19.9 Å². The van der Waals surface area contributed by atoms with Crippen molar-refractivity contribution in [2.75, 3.05) is 23.9 Å². The number of aliphatic hydroxyl groups is 1. The van der Waals surface area contributed by atoms with Crippen molar-refractivity contribution in [1.29, 1.82) is 0 Å². The highest BCUT2D eigenvalue weighted by molar-refractivity contribution is 6.52. The van der Waals surface area contributed by atoms with Gasteiger partial charge in [-0.1, -0.05) is 23.7 Å². The Morgan fingerprint density at radius 1 is 1.03 bits per heavy atom. The van der Waals surface area contributed by atoms with Crippen LogP contribution in [-0.4, -0.2) is 36.4 Å². The molecule has 8 nitrogen and oxygen atoms in total. The summed E-state index contributed by atoms with van der Waals surface area (Å²) in [5, 5.41) is 14.3. The third-order valence-electron chi connectivity index (χ3n) is 5.85. The van der Waals surface area contributed by atoms with Gasteiger partial charge in [-0.25, -0.2) is 0 Å². The minimum atomic E-state index is -0.954. The van der Waals surface area contributed by atoms with Gasteiger partial charge in [-0.15, -0.1) is 0 Å². The number of rotatable bonds is 7. The van der Waals surface area contributed by atoms with Crippen LogP contribution >= 0.6 is 11.6 Å². The van der Waals surface area contributed by atoms with Gasteiger partial charge in [-0.3, -0.25) is 19.3 Å². The number of nitrogens with zero attached hydrogens (tertiary/aromatic N) is 1. The largest absolute Gasteiger partial charge is 0.507 e. The fourth-order valence-electron chi connectivity index (χ4n) is 4.20. The van der Waals surface area contributed by atoms with Gasteiger partial charge >= 0.3 is 0 Å². The second-order valence-electron chi connectivity index (χ2n) is 8.24. The molecular weight excluding hydrogens is 496 g/mol. The molecule has 2 N–H and O–H groups in total. The van der Waals surface area contributed by atoms with Crippen molar-refractivity contribution in [3.8, 4) is 11.5 Å². The molecule has 0 bridgehead atoms. The molecule has 1 saturated heterocycles. The third kappa shape index (κ3) is 5.15. The van der Waals surface area contributed by atoms with E-state index in [0.717, 1.165) is 0 Å². The zero-order valence-corrected chi connectivity index (χ0v) is 21.2. The first-order valence-electron chi connectivity index (χ1n) is 11.5. The predicted octanol–water partition coefficient (Wildman–Crippen LogP) is 5.33. The molecule has 4 rings (SSSR count). The van der Waals surface area contributed by atoms with Crippen LogP contribution in [0.2, 0.25) is 5.02 Å². The number of carbonyl (C=O) groups is 3. The molecule has 1 aliphatic rings. The van der Waals surface area contributed by atoms with E-state index >= 15 is 0 Å². The molecule has 0 radical (unpaired) electrons. The van der Waals surface area contributed by atoms with Crippen LogP contribution < -0.4 is 19.7 Å². The summed E-state index contributed by atoms with van der Waals surface area (Å²) in [6.45, 7) is 3.61. The highest BCUT2D eigenvalue weighted by atomic mass is 35.5. The van der Waals surface area contributed by atoms with Gasteiger partial charge in [0.05, 0.1) is 30.4 Å². The summed E-state index contributed by atoms with van der Waals surface area (Å²) in [6, 6.07) is 17.1. The number of amides is 2. The van der Waals surface area contributed by atoms with E-state index < -0.39 is 23.5 Å². The van der Waals surface area contributed by atoms with Crippen molar-refractivity contribution >= 4 is 46.3 Å². The molecule has 1 atom stereocenters. The Morgan fingerprint density at radius 3 is 2.27 bits per heavy atom. The van der Waals surface area contributed by atoms with Gasteiger partial charge in [0.2, 0.25) is 5.91 Å². The van der Waals surface area contributed by atoms with E-state index in [4.69, 9.17) is 21.1 Å². The molecule has 0 aliphatic carbocycles. The Hall–Kier alpha value is -4.30. The number of benzene rings is 3. The fourth-order valence-corrected chi connectivity index (χ4v) is 4.40. The Bertz CT molecular complexity index is 1380. The summed E-state index contributed by atoms with van der Waals surface area (Å²) in [6.07, 6.45) is 0. The highest BCUT2D eigenvalue weighted by Gasteiger charge is 2.47. The molecule has 9 heteroatoms. The maximum atomic E-state index is 13.4. The van der Waals surface area contributed by atoms with Gasteiger partial charge in [0.1, 0.15) is 17.3 Å². The lowest BCUT2D eigenvalue weighted by atomic mass is 9.95. The van der Waals surface area contributed by atoms with Crippen LogP contribution in [0.4, 0.5) is 11.4 Å². The van der Waals surface area contributed by atoms with Crippen LogP contribution in [0.25, 0.3) is 5.76 Å². The van der Waals surface area contributed by atoms with Crippen LogP contribution in [0.1, 0.15) is 31.0 Å². The van der Waals surface area contributed by atoms with Crippen LogP contribution in [-0.2, 0) is 14.4 Å². The molecule has 0 spiro atoms. The lowest BCUT2D eigenvalue weighted by molar-refractivity contribution is -0.132. The van der Waals surface area contributed by atoms with E-state index in [9.17, 15) is 19.5 Å². The number of ketones is 1. The Morgan fingerprint density at radius 2 is 1.68 bits per heavy atom. The molecular formula is C28H25ClN2O6. The van der Waals surface area contributed by atoms with Crippen LogP contribution in [0.15, 0.2) is 72.3 Å². The number of aliphatic hydroxyl groups excluding tert-OH is 1. The summed E-state index contributed by atoms with van der Waals surface area (Å²) in [4.78, 5) is 39.4. The van der Waals surface area contributed by atoms with E-state index in [1.165, 1.54) is 25.0 Å². The molecule has 3 aromatic rings. The van der Waals surface area contributed by atoms with Crippen LogP contribution in [0, 0.1) is 0 Å². The predicted molar refractivity (Wildman–Crippen MR) is 141 cm³/mol. The van der Waals surface area contributed by atoms with E-state index in [0.29, 0.717) is 35.0 Å². The second-order valence-corrected chi connectivity index (χ2v) is 8.65. The smallest absolute Gasteiger partial charge is 0.300 e. The topological polar surface area (TPSA) is 105 Å². The first kappa shape index (κ1) is 25.8. The molecule has 37 heavy (non-hydrogen) atoms. The van der Waals surface area contributed by atoms with Crippen molar-refractivity contribution in [2.45, 2.75) is 19.9 Å². The Kier molecular flexibility index (Phi) is 7.50. The molecule has 0 saturated carbocycles. The van der Waals surface area contributed by atoms with Crippen molar-refractivity contribution in [1.82, 2.24) is 0 Å². The molecule has 1 heterocycles. The van der Waals surface area contributed by atoms with Gasteiger partial charge in [0, 0.05) is 23.9 Å². The minimum absolute atomic E-state index is 0.114. The summed E-state index contributed by atoms with van der Waals surface area (Å²) in [5.41, 5.74) is 1.57. The molecule has 2 amide bonds. The summed E-state index contributed by atoms with van der Waals surface area (Å²) < 4.78 is 10.8. The molecule has 0 aromatic heterocycles. The Labute approximate surface area is 219 Å². The number of anilines is 2. The fraction of sp³-hybridized carbons (Fsp3) is 0.179. The zero-order valence-electron chi connectivity index (χ0n) is 20.4. The van der Waals surface area contributed by atoms with Crippen LogP contribution in [0.3, 0.4) is 0 Å². The van der Waals surface area contributed by atoms with Crippen LogP contribution in [0.5, 0.6) is 11.5 Å². The highest BCUT2D eigenvalue weighted by Crippen LogP contribution is 2.43. The molecule has 190 valence electrons. The number of Topliss-reactive ketones (excluding diaryl/α,β-unsaturated/α-hetero) is 1. The molecule has 1 fully saturated rings. The second kappa shape index (κ2) is 10.8. The SMILES string of the molecule is CCOc1ccc(Cl)c(/C(O)=C2\C(=O)C(=O)N(c3ccc(NC(C)=O)cc3)C2c2ccc(OC)cc2)c1. The van der Waals surface area contributed by atoms with Gasteiger partial charge in [-0.05, 0) is 67.1 Å². The molecule has 1 unspecified atom stereocenters. The number of halogens is 1. The number of methoxy groups -OCH3 is 1. The maximum Gasteiger partial charge on any atom is 0.300 e. The van der Waals surface area contributed by atoms with Crippen molar-refractivity contribution in [2.24, 2.45) is 0 Å². The third-order valence-corrected chi connectivity index (χ3v) is 6.18. The van der Waals surface area contributed by atoms with Gasteiger partial charge in [0.15, 0.2) is 0 Å². The number of carbonyl (C=O) groups excluding carboxylic acids is 3. The monoisotopic (exact) mass is 520 g/mol. The normalized spacial score (nSPS) is 16.5. The van der Waals surface area contributed by atoms with E-state index in [1.54, 1.807) is 60.7 Å². The number of nitrogens with one attached hydrogen (secondary N) is 1. The minimum Gasteiger partial charge on any atom is -0.507 e. The van der Waals surface area contributed by atoms with Gasteiger partial charge in [-0.2, -0.15) is 0 Å². The van der Waals surface area contributed by atoms with E-state index in [1.807, 2.05) is 6.92 Å². The summed E-state index contributed by atoms with van der Waals surface area (Å²) in [5.74, 6) is -1.28. The van der Waals surface area contributed by atoms with Gasteiger partial charge in [0.25, 0.3) is 11.7 Å². The summed E-state index contributed by atoms with van der Waals surface area (Å²) in [7, 11) is 1.53. The summed E-state index contributed by atoms with van der Waals surface area (Å²) >= 11 is 6.39. The maximum absolute atomic E-state index is 13.4. The quantitative estimate of drug-likeness (QED) is 0.248. The lowest BCUT2D eigenvalue weighted by Crippen LogP contribution is -2.29. The van der Waals surface area contributed by atoms with Crippen molar-refractivity contribution < 1.29 is 29.0 Å². The lowest BCUT2D eigenvalue weighted by Gasteiger charge is -2.26. The van der Waals surface area contributed by atoms with Crippen molar-refractivity contribution in [3.63, 3.8) is 0 Å². The number of hydrogen-bond acceptors (Lipinski definition) is 6. The Balaban J connectivity index is 1.89. The average Bonchev–Trinajstić information content (AvgIpc) is 3.15. The first-order chi connectivity index (χ1) is 17.7. The van der Waals surface area contributed by atoms with Crippen molar-refractivity contribution in [3.05, 3.63) is 88.5 Å². The molecule has 3 aromatic carbocycles. The molecule has 1 aliphatic heterocycles. The zero-order chi connectivity index (χ0) is 26.7. The van der Waals surface area contributed by atoms with E-state index in [-0.39, 0.29) is 22.1 Å². The number of hydrogen-bond donors (Lipinski definition) is 2.